The Labute approximate surface area is 769 Å². The molecule has 131 heavy (non-hydrogen) atoms. The Morgan fingerprint density at radius 3 is 0.573 bits per heavy atom. The molecule has 0 saturated heterocycles. The molecule has 0 radical (unpaired) electrons. The zero-order valence-electron chi connectivity index (χ0n) is 73.6. The van der Waals surface area contributed by atoms with Crippen LogP contribution in [0.4, 0.5) is 85.3 Å². The van der Waals surface area contributed by atoms with Crippen LogP contribution in [0.3, 0.4) is 0 Å². The van der Waals surface area contributed by atoms with Gasteiger partial charge in [0.05, 0.1) is 0 Å². The van der Waals surface area contributed by atoms with Gasteiger partial charge >= 0.3 is 0 Å². The molecule has 0 heterocycles. The molecule has 0 aliphatic rings. The van der Waals surface area contributed by atoms with Gasteiger partial charge in [-0.1, -0.05) is 364 Å². The normalized spacial score (nSPS) is 10.9. The number of anilines is 15. The third kappa shape index (κ3) is 19.4. The van der Waals surface area contributed by atoms with Crippen molar-refractivity contribution in [2.24, 2.45) is 0 Å². The van der Waals surface area contributed by atoms with Crippen molar-refractivity contribution in [1.82, 2.24) is 0 Å². The minimum atomic E-state index is 1.12. The predicted molar refractivity (Wildman–Crippen MR) is 560 cm³/mol. The fraction of sp³-hybridized carbons (Fsp3) is 0.0240. The first-order valence-corrected chi connectivity index (χ1v) is 44.7. The standard InChI is InChI=1S/C43H34N2.2C41H32N2/c1-44(39-25-17-35(18-26-39)33-11-5-2-6-12-33)40-27-19-37(20-28-40)38-23-31-43(32-24-38)45(41-15-9-4-10-16-41)42-29-21-36(22-30-42)34-13-7-3-8-14-34;1-42(41-18-10-14-35-13-8-9-17-40(35)41)36-25-19-33(20-26-36)34-23-29-39(30-24-34)43(37-15-6-3-7-16-37)38-27-21-32(22-28-38)31-11-4-2-5-12-31;1-42(41-29-22-32-12-8-9-13-36(32)30-41)37-23-16-34(17-24-37)35-20-27-40(28-21-35)43(38-14-6-3-7-15-38)39-25-18-33(19-26-39)31-10-4-2-5-11-31/h2-32H,1H3;2*2-30H,1H3. The topological polar surface area (TPSA) is 19.4 Å². The van der Waals surface area contributed by atoms with Gasteiger partial charge in [-0.2, -0.15) is 0 Å². The van der Waals surface area contributed by atoms with Crippen LogP contribution in [0, 0.1) is 0 Å². The van der Waals surface area contributed by atoms with Gasteiger partial charge in [-0.3, -0.25) is 0 Å². The first kappa shape index (κ1) is 83.5. The Hall–Kier alpha value is -17.1. The van der Waals surface area contributed by atoms with Crippen molar-refractivity contribution in [3.05, 3.63) is 540 Å². The maximum absolute atomic E-state index is 2.31. The smallest absolute Gasteiger partial charge is 0.0487 e. The molecule has 0 aliphatic heterocycles. The highest BCUT2D eigenvalue weighted by atomic mass is 15.2. The van der Waals surface area contributed by atoms with E-state index >= 15 is 0 Å². The molecule has 6 heteroatoms. The van der Waals surface area contributed by atoms with Crippen molar-refractivity contribution in [2.75, 3.05) is 50.5 Å². The molecule has 0 N–H and O–H groups in total. The quantitative estimate of drug-likeness (QED) is 0.0669. The minimum absolute atomic E-state index is 1.12. The van der Waals surface area contributed by atoms with Crippen LogP contribution in [-0.2, 0) is 0 Å². The van der Waals surface area contributed by atoms with Gasteiger partial charge in [-0.15, -0.1) is 0 Å². The van der Waals surface area contributed by atoms with Gasteiger partial charge in [0.2, 0.25) is 0 Å². The Morgan fingerprint density at radius 1 is 0.115 bits per heavy atom. The van der Waals surface area contributed by atoms with E-state index in [1.54, 1.807) is 0 Å². The molecule has 0 atom stereocenters. The zero-order chi connectivity index (χ0) is 88.4. The molecule has 6 nitrogen and oxygen atoms in total. The largest absolute Gasteiger partial charge is 0.345 e. The fourth-order valence-electron chi connectivity index (χ4n) is 17.2. The van der Waals surface area contributed by atoms with E-state index in [1.807, 2.05) is 0 Å². The van der Waals surface area contributed by atoms with Crippen molar-refractivity contribution >= 4 is 107 Å². The molecule has 0 fully saturated rings. The van der Waals surface area contributed by atoms with Gasteiger partial charge in [-0.25, -0.2) is 0 Å². The summed E-state index contributed by atoms with van der Waals surface area (Å²) in [5, 5.41) is 5.01. The van der Waals surface area contributed by atoms with Crippen molar-refractivity contribution in [1.29, 1.82) is 0 Å². The lowest BCUT2D eigenvalue weighted by Gasteiger charge is -2.26. The van der Waals surface area contributed by atoms with Gasteiger partial charge in [0.1, 0.15) is 0 Å². The second-order valence-electron chi connectivity index (χ2n) is 32.7. The Morgan fingerprint density at radius 2 is 0.298 bits per heavy atom. The van der Waals surface area contributed by atoms with Crippen LogP contribution in [0.15, 0.2) is 540 Å². The molecule has 0 saturated carbocycles. The first-order valence-electron chi connectivity index (χ1n) is 44.7. The van der Waals surface area contributed by atoms with Crippen LogP contribution in [0.2, 0.25) is 0 Å². The Bertz CT molecular complexity index is 7230. The van der Waals surface area contributed by atoms with Gasteiger partial charge < -0.3 is 29.4 Å². The van der Waals surface area contributed by atoms with Crippen molar-refractivity contribution in [3.8, 4) is 77.9 Å². The molecule has 0 bridgehead atoms. The molecule has 21 rings (SSSR count). The van der Waals surface area contributed by atoms with Crippen LogP contribution in [0.5, 0.6) is 0 Å². The number of hydrogen-bond acceptors (Lipinski definition) is 6. The molecule has 0 aliphatic carbocycles. The number of hydrogen-bond donors (Lipinski definition) is 0. The summed E-state index contributed by atoms with van der Waals surface area (Å²) in [6, 6.07) is 192. The van der Waals surface area contributed by atoms with Crippen molar-refractivity contribution < 1.29 is 0 Å². The lowest BCUT2D eigenvalue weighted by atomic mass is 10.0. The number of nitrogens with zero attached hydrogens (tertiary/aromatic N) is 6. The Kier molecular flexibility index (Phi) is 25.3. The molecule has 0 unspecified atom stereocenters. The number of fused-ring (bicyclic) bond motifs is 2. The van der Waals surface area contributed by atoms with Gasteiger partial charge in [0.25, 0.3) is 0 Å². The summed E-state index contributed by atoms with van der Waals surface area (Å²) in [5.74, 6) is 0. The van der Waals surface area contributed by atoms with Gasteiger partial charge in [0, 0.05) is 112 Å². The summed E-state index contributed by atoms with van der Waals surface area (Å²) in [7, 11) is 6.38. The van der Waals surface area contributed by atoms with E-state index in [4.69, 9.17) is 0 Å². The van der Waals surface area contributed by atoms with E-state index < -0.39 is 0 Å². The van der Waals surface area contributed by atoms with E-state index in [1.165, 1.54) is 111 Å². The van der Waals surface area contributed by atoms with E-state index in [2.05, 4.69) is 590 Å². The van der Waals surface area contributed by atoms with E-state index in [9.17, 15) is 0 Å². The number of para-hydroxylation sites is 3. The second-order valence-corrected chi connectivity index (χ2v) is 32.7. The SMILES string of the molecule is CN(c1ccc(-c2ccc(N(c3ccccc3)c3ccc(-c4ccccc4)cc3)cc2)cc1)c1ccc2ccccc2c1.CN(c1ccc(-c2ccc(N(c3ccccc3)c3ccc(-c4ccccc4)cc3)cc2)cc1)c1cccc2ccccc12.CN(c1ccc(-c2ccccc2)cc1)c1ccc(-c2ccc(N(c3ccccc3)c3ccc(-c4ccccc4)cc3)cc2)cc1. The molecule has 628 valence electrons. The number of rotatable bonds is 22. The summed E-state index contributed by atoms with van der Waals surface area (Å²) in [4.78, 5) is 13.6. The van der Waals surface area contributed by atoms with Gasteiger partial charge in [-0.05, 0) is 270 Å². The van der Waals surface area contributed by atoms with Crippen LogP contribution in [0.25, 0.3) is 99.4 Å². The minimum Gasteiger partial charge on any atom is -0.345 e. The summed E-state index contributed by atoms with van der Waals surface area (Å²) in [5.41, 5.74) is 34.0. The predicted octanol–water partition coefficient (Wildman–Crippen LogP) is 34.7. The summed E-state index contributed by atoms with van der Waals surface area (Å²) >= 11 is 0. The maximum atomic E-state index is 2.31. The lowest BCUT2D eigenvalue weighted by molar-refractivity contribution is 1.21. The third-order valence-corrected chi connectivity index (χ3v) is 24.5. The molecule has 21 aromatic carbocycles. The Balaban J connectivity index is 0.000000127. The van der Waals surface area contributed by atoms with Crippen molar-refractivity contribution in [2.45, 2.75) is 0 Å². The second kappa shape index (κ2) is 39.6. The molecular formula is C125H98N6. The molecule has 21 aromatic rings. The molecular weight excluding hydrogens is 1590 g/mol. The monoisotopic (exact) mass is 1680 g/mol. The third-order valence-electron chi connectivity index (χ3n) is 24.5. The summed E-state index contributed by atoms with van der Waals surface area (Å²) in [6.07, 6.45) is 0. The van der Waals surface area contributed by atoms with E-state index in [0.29, 0.717) is 0 Å². The fourth-order valence-corrected chi connectivity index (χ4v) is 17.2. The lowest BCUT2D eigenvalue weighted by Crippen LogP contribution is -2.10. The molecule has 0 aromatic heterocycles. The summed E-state index contributed by atoms with van der Waals surface area (Å²) < 4.78 is 0. The zero-order valence-corrected chi connectivity index (χ0v) is 73.6. The molecule has 0 spiro atoms. The first-order chi connectivity index (χ1) is 64.7. The van der Waals surface area contributed by atoms with Crippen molar-refractivity contribution in [3.63, 3.8) is 0 Å². The van der Waals surface area contributed by atoms with Crippen LogP contribution in [0.1, 0.15) is 0 Å². The summed E-state index contributed by atoms with van der Waals surface area (Å²) in [6.45, 7) is 0. The average molecular weight is 1680 g/mol. The van der Waals surface area contributed by atoms with Crippen LogP contribution < -0.4 is 29.4 Å². The van der Waals surface area contributed by atoms with E-state index in [0.717, 1.165) is 73.9 Å². The number of benzene rings is 21. The highest BCUT2D eigenvalue weighted by molar-refractivity contribution is 5.97. The average Bonchev–Trinajstić information content (AvgIpc) is 0.814. The van der Waals surface area contributed by atoms with Crippen LogP contribution >= 0.6 is 0 Å². The van der Waals surface area contributed by atoms with Crippen LogP contribution in [-0.4, -0.2) is 21.1 Å². The van der Waals surface area contributed by atoms with Gasteiger partial charge in [0.15, 0.2) is 0 Å². The van der Waals surface area contributed by atoms with E-state index in [-0.39, 0.29) is 0 Å². The highest BCUT2D eigenvalue weighted by Gasteiger charge is 2.20. The maximum Gasteiger partial charge on any atom is 0.0487 e. The molecule has 0 amide bonds. The highest BCUT2D eigenvalue weighted by Crippen LogP contribution is 2.43.